The first-order valence-electron chi connectivity index (χ1n) is 3.91. The fraction of sp³-hybridized carbons (Fsp3) is 0.625. The number of anilines is 1. The van der Waals surface area contributed by atoms with Crippen LogP contribution in [0.5, 0.6) is 0 Å². The van der Waals surface area contributed by atoms with Gasteiger partial charge >= 0.3 is 0 Å². The Labute approximate surface area is 76.6 Å². The lowest BCUT2D eigenvalue weighted by molar-refractivity contribution is -0.0167. The Kier molecular flexibility index (Phi) is 2.69. The number of nitrogens with two attached hydrogens (primary N) is 1. The molecular formula is C8H14N2OS. The largest absolute Gasteiger partial charge is 0.375 e. The van der Waals surface area contributed by atoms with Gasteiger partial charge in [-0.1, -0.05) is 0 Å². The standard InChI is InChI=1S/C8H14N2OS/c1-4-11-8(2,3)6-5-12-7(9)10-6/h5H,4H2,1-3H3,(H2,9,10). The average Bonchev–Trinajstić information content (AvgIpc) is 2.36. The maximum Gasteiger partial charge on any atom is 0.180 e. The fourth-order valence-electron chi connectivity index (χ4n) is 0.999. The monoisotopic (exact) mass is 186 g/mol. The highest BCUT2D eigenvalue weighted by Gasteiger charge is 2.23. The molecule has 0 aliphatic rings. The maximum atomic E-state index is 5.52. The van der Waals surface area contributed by atoms with Crippen LogP contribution in [0.4, 0.5) is 5.13 Å². The average molecular weight is 186 g/mol. The summed E-state index contributed by atoms with van der Waals surface area (Å²) in [5.41, 5.74) is 6.12. The maximum absolute atomic E-state index is 5.52. The number of rotatable bonds is 3. The van der Waals surface area contributed by atoms with Crippen molar-refractivity contribution in [3.63, 3.8) is 0 Å². The zero-order chi connectivity index (χ0) is 9.19. The Balaban J connectivity index is 2.81. The molecule has 68 valence electrons. The molecule has 1 rings (SSSR count). The Morgan fingerprint density at radius 1 is 1.67 bits per heavy atom. The molecule has 0 saturated heterocycles. The molecule has 0 aromatic carbocycles. The van der Waals surface area contributed by atoms with Crippen LogP contribution >= 0.6 is 11.3 Å². The second-order valence-corrected chi connectivity index (χ2v) is 3.90. The molecule has 0 fully saturated rings. The lowest BCUT2D eigenvalue weighted by atomic mass is 10.1. The van der Waals surface area contributed by atoms with Gasteiger partial charge in [-0.05, 0) is 20.8 Å². The van der Waals surface area contributed by atoms with Crippen molar-refractivity contribution in [2.45, 2.75) is 26.4 Å². The van der Waals surface area contributed by atoms with Gasteiger partial charge in [-0.15, -0.1) is 11.3 Å². The predicted octanol–water partition coefficient (Wildman–Crippen LogP) is 2.00. The molecule has 0 amide bonds. The quantitative estimate of drug-likeness (QED) is 0.785. The number of hydrogen-bond donors (Lipinski definition) is 1. The van der Waals surface area contributed by atoms with Crippen LogP contribution < -0.4 is 5.73 Å². The summed E-state index contributed by atoms with van der Waals surface area (Å²) in [6.07, 6.45) is 0. The normalized spacial score (nSPS) is 11.9. The lowest BCUT2D eigenvalue weighted by Gasteiger charge is -2.21. The molecule has 0 saturated carbocycles. The summed E-state index contributed by atoms with van der Waals surface area (Å²) in [4.78, 5) is 4.17. The van der Waals surface area contributed by atoms with E-state index >= 15 is 0 Å². The van der Waals surface area contributed by atoms with Crippen LogP contribution in [0.15, 0.2) is 5.38 Å². The number of hydrogen-bond acceptors (Lipinski definition) is 4. The molecule has 1 aromatic heterocycles. The molecular weight excluding hydrogens is 172 g/mol. The number of nitrogen functional groups attached to an aromatic ring is 1. The van der Waals surface area contributed by atoms with E-state index in [1.807, 2.05) is 26.2 Å². The van der Waals surface area contributed by atoms with Crippen molar-refractivity contribution >= 4 is 16.5 Å². The third-order valence-corrected chi connectivity index (χ3v) is 2.32. The molecule has 4 heteroatoms. The summed E-state index contributed by atoms with van der Waals surface area (Å²) >= 11 is 1.44. The predicted molar refractivity (Wildman–Crippen MR) is 51.2 cm³/mol. The highest BCUT2D eigenvalue weighted by atomic mass is 32.1. The van der Waals surface area contributed by atoms with E-state index in [-0.39, 0.29) is 5.60 Å². The highest BCUT2D eigenvalue weighted by molar-refractivity contribution is 7.13. The number of thiazole rings is 1. The zero-order valence-corrected chi connectivity index (χ0v) is 8.44. The second-order valence-electron chi connectivity index (χ2n) is 3.01. The first-order valence-corrected chi connectivity index (χ1v) is 4.79. The third kappa shape index (κ3) is 1.95. The van der Waals surface area contributed by atoms with Gasteiger partial charge in [0.15, 0.2) is 5.13 Å². The van der Waals surface area contributed by atoms with E-state index < -0.39 is 0 Å². The zero-order valence-electron chi connectivity index (χ0n) is 7.63. The van der Waals surface area contributed by atoms with Crippen molar-refractivity contribution in [2.75, 3.05) is 12.3 Å². The SMILES string of the molecule is CCOC(C)(C)c1csc(N)n1. The van der Waals surface area contributed by atoms with Crippen molar-refractivity contribution in [3.05, 3.63) is 11.1 Å². The molecule has 0 aliphatic carbocycles. The van der Waals surface area contributed by atoms with Gasteiger partial charge < -0.3 is 10.5 Å². The molecule has 0 unspecified atom stereocenters. The molecule has 1 aromatic rings. The smallest absolute Gasteiger partial charge is 0.180 e. The van der Waals surface area contributed by atoms with E-state index in [4.69, 9.17) is 10.5 Å². The molecule has 0 bridgehead atoms. The molecule has 0 spiro atoms. The van der Waals surface area contributed by atoms with Crippen molar-refractivity contribution in [2.24, 2.45) is 0 Å². The molecule has 0 atom stereocenters. The third-order valence-electron chi connectivity index (χ3n) is 1.64. The second kappa shape index (κ2) is 3.41. The lowest BCUT2D eigenvalue weighted by Crippen LogP contribution is -2.21. The van der Waals surface area contributed by atoms with Crippen molar-refractivity contribution in [1.82, 2.24) is 4.98 Å². The minimum atomic E-state index is -0.317. The van der Waals surface area contributed by atoms with Gasteiger partial charge in [0.25, 0.3) is 0 Å². The van der Waals surface area contributed by atoms with Gasteiger partial charge in [-0.25, -0.2) is 4.98 Å². The summed E-state index contributed by atoms with van der Waals surface area (Å²) in [5, 5.41) is 2.53. The van der Waals surface area contributed by atoms with E-state index in [0.29, 0.717) is 11.7 Å². The van der Waals surface area contributed by atoms with Crippen LogP contribution in [0.25, 0.3) is 0 Å². The first-order chi connectivity index (χ1) is 5.56. The van der Waals surface area contributed by atoms with E-state index in [2.05, 4.69) is 4.98 Å². The van der Waals surface area contributed by atoms with E-state index in [0.717, 1.165) is 5.69 Å². The number of aromatic nitrogens is 1. The van der Waals surface area contributed by atoms with Gasteiger partial charge in [0, 0.05) is 12.0 Å². The Morgan fingerprint density at radius 2 is 2.33 bits per heavy atom. The molecule has 2 N–H and O–H groups in total. The van der Waals surface area contributed by atoms with E-state index in [1.165, 1.54) is 11.3 Å². The summed E-state index contributed by atoms with van der Waals surface area (Å²) in [7, 11) is 0. The van der Waals surface area contributed by atoms with Crippen LogP contribution in [-0.4, -0.2) is 11.6 Å². The first kappa shape index (κ1) is 9.48. The number of ether oxygens (including phenoxy) is 1. The summed E-state index contributed by atoms with van der Waals surface area (Å²) in [6.45, 7) is 6.64. The molecule has 1 heterocycles. The Hall–Kier alpha value is -0.610. The molecule has 3 nitrogen and oxygen atoms in total. The van der Waals surface area contributed by atoms with Crippen LogP contribution in [0.3, 0.4) is 0 Å². The van der Waals surface area contributed by atoms with Crippen molar-refractivity contribution in [3.8, 4) is 0 Å². The van der Waals surface area contributed by atoms with Crippen molar-refractivity contribution in [1.29, 1.82) is 0 Å². The summed E-state index contributed by atoms with van der Waals surface area (Å²) < 4.78 is 5.52. The van der Waals surface area contributed by atoms with Crippen LogP contribution in [0.2, 0.25) is 0 Å². The Bertz CT molecular complexity index is 257. The van der Waals surface area contributed by atoms with E-state index in [1.54, 1.807) is 0 Å². The Morgan fingerprint density at radius 3 is 2.75 bits per heavy atom. The van der Waals surface area contributed by atoms with Crippen LogP contribution in [0.1, 0.15) is 26.5 Å². The van der Waals surface area contributed by atoms with Crippen LogP contribution in [0, 0.1) is 0 Å². The van der Waals surface area contributed by atoms with Gasteiger partial charge in [0.2, 0.25) is 0 Å². The van der Waals surface area contributed by atoms with Gasteiger partial charge in [0.05, 0.1) is 5.69 Å². The molecule has 12 heavy (non-hydrogen) atoms. The van der Waals surface area contributed by atoms with Gasteiger partial charge in [0.1, 0.15) is 5.60 Å². The minimum absolute atomic E-state index is 0.317. The van der Waals surface area contributed by atoms with Crippen molar-refractivity contribution < 1.29 is 4.74 Å². The topological polar surface area (TPSA) is 48.1 Å². The molecule has 0 radical (unpaired) electrons. The van der Waals surface area contributed by atoms with Gasteiger partial charge in [-0.3, -0.25) is 0 Å². The minimum Gasteiger partial charge on any atom is -0.375 e. The summed E-state index contributed by atoms with van der Waals surface area (Å²) in [6, 6.07) is 0. The van der Waals surface area contributed by atoms with Crippen LogP contribution in [-0.2, 0) is 10.3 Å². The van der Waals surface area contributed by atoms with Gasteiger partial charge in [-0.2, -0.15) is 0 Å². The van der Waals surface area contributed by atoms with E-state index in [9.17, 15) is 0 Å². The summed E-state index contributed by atoms with van der Waals surface area (Å²) in [5.74, 6) is 0. The fourth-order valence-corrected chi connectivity index (χ4v) is 1.72. The number of nitrogens with zero attached hydrogens (tertiary/aromatic N) is 1. The molecule has 0 aliphatic heterocycles. The highest BCUT2D eigenvalue weighted by Crippen LogP contribution is 2.26.